The molecule has 0 spiro atoms. The molecule has 2 amide bonds. The fourth-order valence-electron chi connectivity index (χ4n) is 1.92. The molecule has 0 saturated heterocycles. The Balaban J connectivity index is 2.40. The van der Waals surface area contributed by atoms with Crippen LogP contribution < -0.4 is 10.6 Å². The van der Waals surface area contributed by atoms with E-state index in [1.165, 1.54) is 0 Å². The molecule has 0 heterocycles. The van der Waals surface area contributed by atoms with E-state index in [2.05, 4.69) is 10.6 Å². The lowest BCUT2D eigenvalue weighted by Gasteiger charge is -2.21. The molecule has 0 bridgehead atoms. The van der Waals surface area contributed by atoms with E-state index in [1.807, 2.05) is 6.07 Å². The van der Waals surface area contributed by atoms with Crippen LogP contribution in [0.2, 0.25) is 0 Å². The number of carbonyl (C=O) groups excluding carboxylic acids is 3. The molecule has 1 aromatic rings. The van der Waals surface area contributed by atoms with Gasteiger partial charge in [-0.25, -0.2) is 9.59 Å². The van der Waals surface area contributed by atoms with Crippen LogP contribution in [0.3, 0.4) is 0 Å². The third kappa shape index (κ3) is 9.83. The summed E-state index contributed by atoms with van der Waals surface area (Å²) in [6, 6.07) is 7.49. The molecule has 9 heteroatoms. The number of ether oxygens (including phenoxy) is 2. The maximum atomic E-state index is 11.8. The number of amides is 2. The zero-order valence-electron chi connectivity index (χ0n) is 15.5. The van der Waals surface area contributed by atoms with Gasteiger partial charge in [0.05, 0.1) is 6.42 Å². The van der Waals surface area contributed by atoms with E-state index >= 15 is 0 Å². The van der Waals surface area contributed by atoms with Crippen LogP contribution in [0, 0.1) is 0 Å². The van der Waals surface area contributed by atoms with Gasteiger partial charge in [-0.1, -0.05) is 30.3 Å². The predicted octanol–water partition coefficient (Wildman–Crippen LogP) is 1.21. The molecule has 1 atom stereocenters. The number of esters is 1. The second-order valence-corrected chi connectivity index (χ2v) is 6.66. The lowest BCUT2D eigenvalue weighted by atomic mass is 10.1. The summed E-state index contributed by atoms with van der Waals surface area (Å²) in [5, 5.41) is 13.5. The molecule has 0 unspecified atom stereocenters. The minimum absolute atomic E-state index is 0.0324. The number of alkyl carbamates (subject to hydrolysis) is 1. The zero-order chi connectivity index (χ0) is 20.4. The molecule has 148 valence electrons. The van der Waals surface area contributed by atoms with Gasteiger partial charge in [-0.05, 0) is 26.3 Å². The average Bonchev–Trinajstić information content (AvgIpc) is 2.56. The Kier molecular flexibility index (Phi) is 8.25. The normalized spacial score (nSPS) is 11.8. The van der Waals surface area contributed by atoms with Crippen LogP contribution in [0.15, 0.2) is 30.3 Å². The van der Waals surface area contributed by atoms with E-state index in [-0.39, 0.29) is 6.61 Å². The number of hydrogen-bond acceptors (Lipinski definition) is 6. The standard InChI is InChI=1S/C18H24N2O7/c1-18(2,3)27-15(22)9-13(16(23)24)20-14(21)10-19-17(25)26-11-12-7-5-4-6-8-12/h4-8,13H,9-11H2,1-3H3,(H,19,25)(H,20,21)(H,23,24)/t13-/m0/s1. The van der Waals surface area contributed by atoms with Crippen molar-refractivity contribution in [3.63, 3.8) is 0 Å². The first-order valence-electron chi connectivity index (χ1n) is 8.25. The molecule has 0 aliphatic heterocycles. The molecule has 0 aliphatic rings. The van der Waals surface area contributed by atoms with Gasteiger partial charge in [-0.15, -0.1) is 0 Å². The Hall–Kier alpha value is -3.10. The van der Waals surface area contributed by atoms with Gasteiger partial charge in [0.15, 0.2) is 0 Å². The minimum Gasteiger partial charge on any atom is -0.480 e. The maximum absolute atomic E-state index is 11.8. The average molecular weight is 380 g/mol. The molecule has 27 heavy (non-hydrogen) atoms. The second-order valence-electron chi connectivity index (χ2n) is 6.66. The molecule has 3 N–H and O–H groups in total. The van der Waals surface area contributed by atoms with Gasteiger partial charge in [-0.3, -0.25) is 9.59 Å². The van der Waals surface area contributed by atoms with Crippen LogP contribution in [0.5, 0.6) is 0 Å². The van der Waals surface area contributed by atoms with Crippen molar-refractivity contribution < 1.29 is 33.8 Å². The lowest BCUT2D eigenvalue weighted by molar-refractivity contribution is -0.158. The van der Waals surface area contributed by atoms with E-state index in [4.69, 9.17) is 14.6 Å². The van der Waals surface area contributed by atoms with E-state index < -0.39 is 48.5 Å². The summed E-state index contributed by atoms with van der Waals surface area (Å²) in [6.45, 7) is 4.47. The number of rotatable bonds is 8. The molecule has 0 fully saturated rings. The van der Waals surface area contributed by atoms with Crippen LogP contribution in [-0.4, -0.2) is 47.2 Å². The Labute approximate surface area is 157 Å². The topological polar surface area (TPSA) is 131 Å². The Bertz CT molecular complexity index is 668. The first kappa shape index (κ1) is 21.9. The molecule has 9 nitrogen and oxygen atoms in total. The first-order chi connectivity index (χ1) is 12.6. The molecular formula is C18H24N2O7. The number of nitrogens with one attached hydrogen (secondary N) is 2. The van der Waals surface area contributed by atoms with Crippen LogP contribution in [-0.2, 0) is 30.5 Å². The number of carboxylic acid groups (broad SMARTS) is 1. The summed E-state index contributed by atoms with van der Waals surface area (Å²) in [6.07, 6.45) is -1.36. The maximum Gasteiger partial charge on any atom is 0.407 e. The molecule has 0 saturated carbocycles. The van der Waals surface area contributed by atoms with Gasteiger partial charge in [0, 0.05) is 0 Å². The van der Waals surface area contributed by atoms with Crippen LogP contribution in [0.4, 0.5) is 4.79 Å². The van der Waals surface area contributed by atoms with E-state index in [0.717, 1.165) is 5.56 Å². The molecular weight excluding hydrogens is 356 g/mol. The van der Waals surface area contributed by atoms with Crippen molar-refractivity contribution in [2.75, 3.05) is 6.54 Å². The lowest BCUT2D eigenvalue weighted by Crippen LogP contribution is -2.47. The summed E-state index contributed by atoms with van der Waals surface area (Å²) in [5.74, 6) is -2.92. The van der Waals surface area contributed by atoms with Crippen LogP contribution >= 0.6 is 0 Å². The molecule has 0 aliphatic carbocycles. The highest BCUT2D eigenvalue weighted by atomic mass is 16.6. The highest BCUT2D eigenvalue weighted by Gasteiger charge is 2.26. The number of carboxylic acids is 1. The van der Waals surface area contributed by atoms with Gasteiger partial charge in [0.1, 0.15) is 24.8 Å². The van der Waals surface area contributed by atoms with Crippen molar-refractivity contribution in [2.45, 2.75) is 45.4 Å². The smallest absolute Gasteiger partial charge is 0.407 e. The van der Waals surface area contributed by atoms with Crippen molar-refractivity contribution in [3.05, 3.63) is 35.9 Å². The second kappa shape index (κ2) is 10.1. The summed E-state index contributed by atoms with van der Waals surface area (Å²) in [5.41, 5.74) is 0.00852. The highest BCUT2D eigenvalue weighted by Crippen LogP contribution is 2.09. The number of aliphatic carboxylic acids is 1. The van der Waals surface area contributed by atoms with Crippen molar-refractivity contribution in [1.82, 2.24) is 10.6 Å². The SMILES string of the molecule is CC(C)(C)OC(=O)C[C@H](NC(=O)CNC(=O)OCc1ccccc1)C(=O)O. The first-order valence-corrected chi connectivity index (χ1v) is 8.25. The summed E-state index contributed by atoms with van der Waals surface area (Å²) < 4.78 is 9.96. The quantitative estimate of drug-likeness (QED) is 0.578. The number of benzene rings is 1. The monoisotopic (exact) mass is 380 g/mol. The van der Waals surface area contributed by atoms with Gasteiger partial charge in [-0.2, -0.15) is 0 Å². The third-order valence-electron chi connectivity index (χ3n) is 3.03. The van der Waals surface area contributed by atoms with E-state index in [1.54, 1.807) is 45.0 Å². The van der Waals surface area contributed by atoms with Crippen molar-refractivity contribution in [2.24, 2.45) is 0 Å². The van der Waals surface area contributed by atoms with Crippen molar-refractivity contribution >= 4 is 23.9 Å². The summed E-state index contributed by atoms with van der Waals surface area (Å²) >= 11 is 0. The van der Waals surface area contributed by atoms with Crippen LogP contribution in [0.25, 0.3) is 0 Å². The fourth-order valence-corrected chi connectivity index (χ4v) is 1.92. The Morgan fingerprint density at radius 3 is 2.30 bits per heavy atom. The van der Waals surface area contributed by atoms with Crippen molar-refractivity contribution in [1.29, 1.82) is 0 Å². The fraction of sp³-hybridized carbons (Fsp3) is 0.444. The Morgan fingerprint density at radius 1 is 1.11 bits per heavy atom. The molecule has 0 aromatic heterocycles. The molecule has 0 radical (unpaired) electrons. The molecule has 1 aromatic carbocycles. The largest absolute Gasteiger partial charge is 0.480 e. The highest BCUT2D eigenvalue weighted by molar-refractivity contribution is 5.89. The predicted molar refractivity (Wildman–Crippen MR) is 94.7 cm³/mol. The number of carbonyl (C=O) groups is 4. The van der Waals surface area contributed by atoms with E-state index in [0.29, 0.717) is 0 Å². The summed E-state index contributed by atoms with van der Waals surface area (Å²) in [7, 11) is 0. The van der Waals surface area contributed by atoms with Gasteiger partial charge < -0.3 is 25.2 Å². The van der Waals surface area contributed by atoms with Gasteiger partial charge >= 0.3 is 18.0 Å². The van der Waals surface area contributed by atoms with Gasteiger partial charge in [0.25, 0.3) is 0 Å². The Morgan fingerprint density at radius 2 is 1.74 bits per heavy atom. The molecule has 1 rings (SSSR count). The minimum atomic E-state index is -1.46. The van der Waals surface area contributed by atoms with Crippen molar-refractivity contribution in [3.8, 4) is 0 Å². The number of hydrogen-bond donors (Lipinski definition) is 3. The third-order valence-corrected chi connectivity index (χ3v) is 3.03. The zero-order valence-corrected chi connectivity index (χ0v) is 15.5. The van der Waals surface area contributed by atoms with Gasteiger partial charge in [0.2, 0.25) is 5.91 Å². The van der Waals surface area contributed by atoms with Crippen LogP contribution in [0.1, 0.15) is 32.8 Å². The van der Waals surface area contributed by atoms with E-state index in [9.17, 15) is 19.2 Å². The summed E-state index contributed by atoms with van der Waals surface area (Å²) in [4.78, 5) is 46.3.